The molecule has 13 aromatic carbocycles. The highest BCUT2D eigenvalue weighted by molar-refractivity contribution is 7.20. The van der Waals surface area contributed by atoms with Gasteiger partial charge in [-0.2, -0.15) is 0 Å². The van der Waals surface area contributed by atoms with Crippen molar-refractivity contribution in [3.8, 4) is 11.4 Å². The molecule has 2 heterocycles. The van der Waals surface area contributed by atoms with Crippen LogP contribution in [0, 0.1) is 13.8 Å². The van der Waals surface area contributed by atoms with E-state index in [1.807, 2.05) is 0 Å². The standard InChI is InChI=1S/C80H61N3Si2/c1-58-38-42-61(43-39-58)82-77-50-46-63(54-73(77)75-56-71(48-52-79(75)82)84(65-26-12-4-13-27-65,66-28-14-5-15-29-66)67-30-16-6-17-31-67)81(60-24-10-3-11-25-60)64-47-51-78-74(55-64)76-57-72(49-53-80(76)83(78)62-44-40-59(2)41-45-62)85(68-32-18-7-19-33-68,69-34-20-8-21-35-69)70-36-22-9-23-37-70/h3-57H,1-2H3. The molecule has 0 unspecified atom stereocenters. The fraction of sp³-hybridized carbons (Fsp3) is 0.0250. The highest BCUT2D eigenvalue weighted by Crippen LogP contribution is 2.42. The first-order valence-corrected chi connectivity index (χ1v) is 33.5. The Hall–Kier alpha value is -10.3. The van der Waals surface area contributed by atoms with E-state index in [-0.39, 0.29) is 0 Å². The van der Waals surface area contributed by atoms with E-state index in [1.54, 1.807) is 0 Å². The lowest BCUT2D eigenvalue weighted by Gasteiger charge is -2.34. The highest BCUT2D eigenvalue weighted by Gasteiger charge is 2.43. The van der Waals surface area contributed by atoms with Gasteiger partial charge in [-0.25, -0.2) is 0 Å². The number of nitrogens with zero attached hydrogens (tertiary/aromatic N) is 3. The van der Waals surface area contributed by atoms with E-state index in [0.29, 0.717) is 0 Å². The molecule has 15 aromatic rings. The van der Waals surface area contributed by atoms with E-state index < -0.39 is 16.1 Å². The molecule has 0 aliphatic carbocycles. The van der Waals surface area contributed by atoms with Crippen LogP contribution in [0.25, 0.3) is 55.0 Å². The van der Waals surface area contributed by atoms with Crippen LogP contribution < -0.4 is 46.4 Å². The number of aromatic nitrogens is 2. The van der Waals surface area contributed by atoms with Crippen LogP contribution in [0.15, 0.2) is 334 Å². The van der Waals surface area contributed by atoms with Crippen LogP contribution in [-0.2, 0) is 0 Å². The zero-order valence-electron chi connectivity index (χ0n) is 47.6. The first-order chi connectivity index (χ1) is 42.0. The van der Waals surface area contributed by atoms with E-state index in [1.165, 1.54) is 85.2 Å². The van der Waals surface area contributed by atoms with Crippen LogP contribution in [-0.4, -0.2) is 25.3 Å². The molecular weight excluding hydrogens is 1060 g/mol. The third-order valence-electron chi connectivity index (χ3n) is 17.7. The third kappa shape index (κ3) is 8.61. The molecule has 0 bridgehead atoms. The molecule has 0 fully saturated rings. The normalized spacial score (nSPS) is 11.9. The van der Waals surface area contributed by atoms with E-state index >= 15 is 0 Å². The Morgan fingerprint density at radius 1 is 0.224 bits per heavy atom. The second-order valence-corrected chi connectivity index (χ2v) is 30.2. The lowest BCUT2D eigenvalue weighted by molar-refractivity contribution is 1.17. The number of fused-ring (bicyclic) bond motifs is 6. The van der Waals surface area contributed by atoms with Crippen LogP contribution in [0.1, 0.15) is 11.1 Å². The van der Waals surface area contributed by atoms with Crippen LogP contribution in [0.2, 0.25) is 0 Å². The molecule has 0 N–H and O–H groups in total. The van der Waals surface area contributed by atoms with Crippen LogP contribution in [0.3, 0.4) is 0 Å². The van der Waals surface area contributed by atoms with E-state index in [2.05, 4.69) is 362 Å². The molecule has 0 amide bonds. The lowest BCUT2D eigenvalue weighted by Crippen LogP contribution is -2.74. The Morgan fingerprint density at radius 2 is 0.482 bits per heavy atom. The Morgan fingerprint density at radius 3 is 0.776 bits per heavy atom. The van der Waals surface area contributed by atoms with Gasteiger partial charge >= 0.3 is 0 Å². The van der Waals surface area contributed by atoms with Gasteiger partial charge in [0.25, 0.3) is 0 Å². The predicted molar refractivity (Wildman–Crippen MR) is 367 cm³/mol. The number of hydrogen-bond acceptors (Lipinski definition) is 1. The minimum Gasteiger partial charge on any atom is -0.310 e. The van der Waals surface area contributed by atoms with E-state index in [9.17, 15) is 0 Å². The summed E-state index contributed by atoms with van der Waals surface area (Å²) in [5, 5.41) is 15.6. The maximum atomic E-state index is 2.55. The summed E-state index contributed by atoms with van der Waals surface area (Å²) in [6, 6.07) is 126. The predicted octanol–water partition coefficient (Wildman–Crippen LogP) is 14.7. The van der Waals surface area contributed by atoms with Crippen molar-refractivity contribution < 1.29 is 0 Å². The largest absolute Gasteiger partial charge is 0.310 e. The van der Waals surface area contributed by atoms with Gasteiger partial charge < -0.3 is 14.0 Å². The summed E-state index contributed by atoms with van der Waals surface area (Å²) in [5.41, 5.74) is 12.6. The second-order valence-electron chi connectivity index (χ2n) is 22.6. The Bertz CT molecular complexity index is 4370. The molecule has 0 aliphatic heterocycles. The summed E-state index contributed by atoms with van der Waals surface area (Å²) in [7, 11) is -5.78. The molecule has 0 spiro atoms. The molecule has 0 radical (unpaired) electrons. The van der Waals surface area contributed by atoms with Crippen molar-refractivity contribution in [1.82, 2.24) is 9.13 Å². The average Bonchev–Trinajstić information content (AvgIpc) is 1.86. The second kappa shape index (κ2) is 21.5. The van der Waals surface area contributed by atoms with Crippen LogP contribution in [0.5, 0.6) is 0 Å². The number of aryl methyl sites for hydroxylation is 2. The fourth-order valence-corrected chi connectivity index (χ4v) is 23.4. The van der Waals surface area contributed by atoms with Gasteiger partial charge in [0.1, 0.15) is 0 Å². The maximum Gasteiger partial charge on any atom is 0.179 e. The summed E-state index contributed by atoms with van der Waals surface area (Å²) < 4.78 is 4.93. The fourth-order valence-electron chi connectivity index (χ4n) is 13.9. The minimum absolute atomic E-state index is 1.08. The van der Waals surface area contributed by atoms with Gasteiger partial charge in [0.2, 0.25) is 0 Å². The van der Waals surface area contributed by atoms with Crippen molar-refractivity contribution >= 4 is 118 Å². The van der Waals surface area contributed by atoms with Gasteiger partial charge in [0, 0.05) is 50.0 Å². The lowest BCUT2D eigenvalue weighted by atomic mass is 10.1. The topological polar surface area (TPSA) is 13.1 Å². The number of benzene rings is 13. The number of anilines is 3. The molecular formula is C80H61N3Si2. The molecule has 2 aromatic heterocycles. The molecule has 0 atom stereocenters. The molecule has 0 aliphatic rings. The first kappa shape index (κ1) is 51.6. The van der Waals surface area contributed by atoms with Gasteiger partial charge in [-0.15, -0.1) is 0 Å². The van der Waals surface area contributed by atoms with Crippen molar-refractivity contribution in [2.24, 2.45) is 0 Å². The summed E-state index contributed by atoms with van der Waals surface area (Å²) >= 11 is 0. The molecule has 3 nitrogen and oxygen atoms in total. The molecule has 85 heavy (non-hydrogen) atoms. The quantitative estimate of drug-likeness (QED) is 0.0828. The van der Waals surface area contributed by atoms with Gasteiger partial charge in [-0.05, 0) is 140 Å². The Kier molecular flexibility index (Phi) is 13.0. The number of para-hydroxylation sites is 1. The smallest absolute Gasteiger partial charge is 0.179 e. The zero-order chi connectivity index (χ0) is 56.9. The van der Waals surface area contributed by atoms with E-state index in [4.69, 9.17) is 0 Å². The first-order valence-electron chi connectivity index (χ1n) is 29.5. The summed E-state index contributed by atoms with van der Waals surface area (Å²) in [5.74, 6) is 0. The Labute approximate surface area is 499 Å². The number of hydrogen-bond donors (Lipinski definition) is 0. The van der Waals surface area contributed by atoms with Crippen molar-refractivity contribution in [2.45, 2.75) is 13.8 Å². The maximum absolute atomic E-state index is 2.89. The van der Waals surface area contributed by atoms with Gasteiger partial charge in [0.05, 0.1) is 22.1 Å². The van der Waals surface area contributed by atoms with Gasteiger partial charge in [-0.1, -0.05) is 260 Å². The summed E-state index contributed by atoms with van der Waals surface area (Å²) in [6.07, 6.45) is 0. The van der Waals surface area contributed by atoms with Crippen molar-refractivity contribution in [1.29, 1.82) is 0 Å². The molecule has 5 heteroatoms. The Balaban J connectivity index is 0.992. The minimum atomic E-state index is -2.89. The SMILES string of the molecule is Cc1ccc(-n2c3ccc(N(c4ccccc4)c4ccc5c(c4)c4cc([Si](c6ccccc6)(c6ccccc6)c6ccccc6)ccc4n5-c4ccc(C)cc4)cc3c3cc([Si](c4ccccc4)(c4ccccc4)c4ccccc4)ccc32)cc1. The van der Waals surface area contributed by atoms with Gasteiger partial charge in [0.15, 0.2) is 16.1 Å². The molecule has 0 saturated heterocycles. The molecule has 0 saturated carbocycles. The zero-order valence-corrected chi connectivity index (χ0v) is 49.6. The van der Waals surface area contributed by atoms with Crippen LogP contribution >= 0.6 is 0 Å². The van der Waals surface area contributed by atoms with Crippen molar-refractivity contribution in [2.75, 3.05) is 4.90 Å². The average molecular weight is 1120 g/mol. The highest BCUT2D eigenvalue weighted by atomic mass is 28.3. The van der Waals surface area contributed by atoms with E-state index in [0.717, 1.165) is 39.5 Å². The van der Waals surface area contributed by atoms with Crippen molar-refractivity contribution in [3.05, 3.63) is 345 Å². The monoisotopic (exact) mass is 1120 g/mol. The summed E-state index contributed by atoms with van der Waals surface area (Å²) in [4.78, 5) is 2.46. The van der Waals surface area contributed by atoms with Crippen molar-refractivity contribution in [3.63, 3.8) is 0 Å². The molecule has 404 valence electrons. The van der Waals surface area contributed by atoms with Gasteiger partial charge in [-0.3, -0.25) is 0 Å². The molecule has 15 rings (SSSR count). The number of rotatable bonds is 13. The van der Waals surface area contributed by atoms with Crippen LogP contribution in [0.4, 0.5) is 17.1 Å². The third-order valence-corrected chi connectivity index (χ3v) is 27.3. The summed E-state index contributed by atoms with van der Waals surface area (Å²) in [6.45, 7) is 4.33.